The molecule has 0 radical (unpaired) electrons. The minimum Gasteiger partial charge on any atom is -0.493 e. The quantitative estimate of drug-likeness (QED) is 0.584. The molecule has 0 aliphatic rings. The van der Waals surface area contributed by atoms with Gasteiger partial charge in [0.1, 0.15) is 0 Å². The molecule has 0 atom stereocenters. The summed E-state index contributed by atoms with van der Waals surface area (Å²) in [4.78, 5) is 0. The maximum absolute atomic E-state index is 5.77. The van der Waals surface area contributed by atoms with E-state index in [-0.39, 0.29) is 0 Å². The molecule has 70 valence electrons. The van der Waals surface area contributed by atoms with Crippen molar-refractivity contribution in [2.24, 2.45) is 0 Å². The predicted molar refractivity (Wildman–Crippen MR) is 54.9 cm³/mol. The highest BCUT2D eigenvalue weighted by Gasteiger charge is 1.97. The van der Waals surface area contributed by atoms with E-state index >= 15 is 0 Å². The van der Waals surface area contributed by atoms with Gasteiger partial charge in [-0.25, -0.2) is 5.41 Å². The Labute approximate surface area is 82.8 Å². The zero-order valence-corrected chi connectivity index (χ0v) is 8.35. The molecule has 0 aliphatic carbocycles. The summed E-state index contributed by atoms with van der Waals surface area (Å²) in [5.74, 6) is 1.54. The minimum absolute atomic E-state index is 0.769. The van der Waals surface area contributed by atoms with Crippen molar-refractivity contribution in [1.29, 1.82) is 5.41 Å². The van der Waals surface area contributed by atoms with Gasteiger partial charge in [-0.2, -0.15) is 0 Å². The second kappa shape index (κ2) is 7.28. The molecule has 0 heterocycles. The topological polar surface area (TPSA) is 42.3 Å². The molecule has 0 aliphatic heterocycles. The van der Waals surface area contributed by atoms with Gasteiger partial charge in [-0.05, 0) is 24.4 Å². The molecule has 0 saturated carbocycles. The molecular formula is C9H11NO2S. The van der Waals surface area contributed by atoms with Crippen LogP contribution in [-0.4, -0.2) is 19.4 Å². The van der Waals surface area contributed by atoms with Crippen molar-refractivity contribution in [2.75, 3.05) is 14.2 Å². The number of rotatable bonds is 2. The third-order valence-electron chi connectivity index (χ3n) is 1.29. The molecule has 1 aromatic rings. The number of hydrogen-bond donors (Lipinski definition) is 1. The molecule has 1 rings (SSSR count). The van der Waals surface area contributed by atoms with Crippen LogP contribution in [0.25, 0.3) is 0 Å². The van der Waals surface area contributed by atoms with Crippen molar-refractivity contribution in [3.05, 3.63) is 24.3 Å². The fraction of sp³-hybridized carbons (Fsp3) is 0.222. The van der Waals surface area contributed by atoms with E-state index in [0.717, 1.165) is 11.5 Å². The van der Waals surface area contributed by atoms with Crippen molar-refractivity contribution in [1.82, 2.24) is 0 Å². The fourth-order valence-corrected chi connectivity index (χ4v) is 0.787. The molecule has 0 saturated heterocycles. The average Bonchev–Trinajstić information content (AvgIpc) is 2.19. The standard InChI is InChI=1S/C8H10O2.CHNS/c1-9-7-5-3-4-6-8(7)10-2;2-1-3/h3-6H,1-2H3;2H. The van der Waals surface area contributed by atoms with Crippen LogP contribution in [0.1, 0.15) is 0 Å². The van der Waals surface area contributed by atoms with Crippen LogP contribution in [0.15, 0.2) is 24.3 Å². The third kappa shape index (κ3) is 4.25. The van der Waals surface area contributed by atoms with Gasteiger partial charge >= 0.3 is 0 Å². The van der Waals surface area contributed by atoms with Crippen LogP contribution < -0.4 is 9.47 Å². The average molecular weight is 197 g/mol. The van der Waals surface area contributed by atoms with Crippen molar-refractivity contribution in [3.8, 4) is 11.5 Å². The molecule has 0 bridgehead atoms. The van der Waals surface area contributed by atoms with Gasteiger partial charge in [0.25, 0.3) is 0 Å². The van der Waals surface area contributed by atoms with Crippen molar-refractivity contribution in [2.45, 2.75) is 0 Å². The SMILES string of the molecule is COc1ccccc1OC.N=C=S. The van der Waals surface area contributed by atoms with Gasteiger partial charge in [-0.3, -0.25) is 0 Å². The summed E-state index contributed by atoms with van der Waals surface area (Å²) >= 11 is 3.81. The van der Waals surface area contributed by atoms with Crippen LogP contribution in [0.4, 0.5) is 0 Å². The van der Waals surface area contributed by atoms with Gasteiger partial charge in [-0.1, -0.05) is 12.1 Å². The number of thiocarbonyl (C=S) groups is 1. The van der Waals surface area contributed by atoms with Gasteiger partial charge in [0.15, 0.2) is 11.5 Å². The lowest BCUT2D eigenvalue weighted by molar-refractivity contribution is 0.355. The molecule has 0 spiro atoms. The van der Waals surface area contributed by atoms with Crippen molar-refractivity contribution < 1.29 is 9.47 Å². The maximum atomic E-state index is 5.77. The van der Waals surface area contributed by atoms with Crippen LogP contribution in [-0.2, 0) is 0 Å². The van der Waals surface area contributed by atoms with E-state index in [1.807, 2.05) is 24.3 Å². The van der Waals surface area contributed by atoms with Crippen LogP contribution in [0.5, 0.6) is 11.5 Å². The lowest BCUT2D eigenvalue weighted by Gasteiger charge is -2.04. The number of ether oxygens (including phenoxy) is 2. The Kier molecular flexibility index (Phi) is 6.51. The number of isothiocyanates is 1. The molecular weight excluding hydrogens is 186 g/mol. The molecule has 0 amide bonds. The normalized spacial score (nSPS) is 7.54. The first-order valence-corrected chi connectivity index (χ1v) is 3.91. The van der Waals surface area contributed by atoms with Gasteiger partial charge in [0, 0.05) is 0 Å². The highest BCUT2D eigenvalue weighted by atomic mass is 32.1. The van der Waals surface area contributed by atoms with E-state index in [9.17, 15) is 0 Å². The molecule has 4 heteroatoms. The van der Waals surface area contributed by atoms with Gasteiger partial charge in [0.2, 0.25) is 0 Å². The number of methoxy groups -OCH3 is 2. The third-order valence-corrected chi connectivity index (χ3v) is 1.29. The Hall–Kier alpha value is -1.38. The van der Waals surface area contributed by atoms with Gasteiger partial charge in [-0.15, -0.1) is 0 Å². The van der Waals surface area contributed by atoms with E-state index < -0.39 is 0 Å². The van der Waals surface area contributed by atoms with Gasteiger partial charge < -0.3 is 9.47 Å². The second-order valence-corrected chi connectivity index (χ2v) is 2.16. The Morgan fingerprint density at radius 1 is 1.15 bits per heavy atom. The van der Waals surface area contributed by atoms with E-state index in [1.54, 1.807) is 19.4 Å². The van der Waals surface area contributed by atoms with Crippen LogP contribution in [0.3, 0.4) is 0 Å². The van der Waals surface area contributed by atoms with E-state index in [2.05, 4.69) is 12.2 Å². The Balaban J connectivity index is 0.000000424. The summed E-state index contributed by atoms with van der Waals surface area (Å²) in [6.07, 6.45) is 0. The smallest absolute Gasteiger partial charge is 0.160 e. The summed E-state index contributed by atoms with van der Waals surface area (Å²) in [7, 11) is 3.25. The Morgan fingerprint density at radius 3 is 1.69 bits per heavy atom. The summed E-state index contributed by atoms with van der Waals surface area (Å²) in [6.45, 7) is 0. The van der Waals surface area contributed by atoms with E-state index in [1.165, 1.54) is 0 Å². The van der Waals surface area contributed by atoms with Gasteiger partial charge in [0.05, 0.1) is 19.4 Å². The van der Waals surface area contributed by atoms with Crippen molar-refractivity contribution >= 4 is 17.4 Å². The zero-order chi connectivity index (χ0) is 10.1. The second-order valence-electron chi connectivity index (χ2n) is 1.96. The van der Waals surface area contributed by atoms with E-state index in [4.69, 9.17) is 14.9 Å². The monoisotopic (exact) mass is 197 g/mol. The lowest BCUT2D eigenvalue weighted by Crippen LogP contribution is -1.88. The zero-order valence-electron chi connectivity index (χ0n) is 7.53. The largest absolute Gasteiger partial charge is 0.493 e. The number of para-hydroxylation sites is 2. The highest BCUT2D eigenvalue weighted by molar-refractivity contribution is 7.78. The highest BCUT2D eigenvalue weighted by Crippen LogP contribution is 2.24. The van der Waals surface area contributed by atoms with Crippen LogP contribution >= 0.6 is 12.2 Å². The predicted octanol–water partition coefficient (Wildman–Crippen LogP) is 2.37. The van der Waals surface area contributed by atoms with Crippen LogP contribution in [0.2, 0.25) is 0 Å². The molecule has 13 heavy (non-hydrogen) atoms. The molecule has 0 fully saturated rings. The Bertz CT molecular complexity index is 260. The number of benzene rings is 1. The minimum atomic E-state index is 0.769. The molecule has 1 aromatic carbocycles. The molecule has 1 N–H and O–H groups in total. The Morgan fingerprint density at radius 2 is 1.46 bits per heavy atom. The number of nitrogens with one attached hydrogen (secondary N) is 1. The first-order valence-electron chi connectivity index (χ1n) is 3.51. The summed E-state index contributed by atoms with van der Waals surface area (Å²) in [5, 5.41) is 7.36. The van der Waals surface area contributed by atoms with E-state index in [0.29, 0.717) is 0 Å². The summed E-state index contributed by atoms with van der Waals surface area (Å²) in [6, 6.07) is 7.53. The first-order chi connectivity index (χ1) is 6.29. The fourth-order valence-electron chi connectivity index (χ4n) is 0.787. The molecule has 3 nitrogen and oxygen atoms in total. The van der Waals surface area contributed by atoms with Crippen LogP contribution in [0, 0.1) is 5.41 Å². The first kappa shape index (κ1) is 11.6. The molecule has 0 unspecified atom stereocenters. The maximum Gasteiger partial charge on any atom is 0.160 e. The molecule has 0 aromatic heterocycles. The number of hydrogen-bond acceptors (Lipinski definition) is 4. The summed E-state index contributed by atoms with van der Waals surface area (Å²) < 4.78 is 10.0. The van der Waals surface area contributed by atoms with Crippen molar-refractivity contribution in [3.63, 3.8) is 0 Å². The summed E-state index contributed by atoms with van der Waals surface area (Å²) in [5.41, 5.74) is 0. The lowest BCUT2D eigenvalue weighted by atomic mass is 10.3.